The number of esters is 1. The SMILES string of the molecule is CCOC(=O)c1c(C)[nH]c(C(=O)CSc2nnc([C@@H]3COc4ccccc4O3)n2N)c1C. The Labute approximate surface area is 188 Å². The van der Waals surface area contributed by atoms with Crippen molar-refractivity contribution in [2.24, 2.45) is 0 Å². The van der Waals surface area contributed by atoms with Crippen molar-refractivity contribution in [3.63, 3.8) is 0 Å². The largest absolute Gasteiger partial charge is 0.485 e. The fourth-order valence-electron chi connectivity index (χ4n) is 3.49. The van der Waals surface area contributed by atoms with Gasteiger partial charge in [0, 0.05) is 5.69 Å². The summed E-state index contributed by atoms with van der Waals surface area (Å²) >= 11 is 1.15. The zero-order valence-corrected chi connectivity index (χ0v) is 18.7. The van der Waals surface area contributed by atoms with E-state index in [1.54, 1.807) is 26.8 Å². The number of aromatic amines is 1. The molecule has 0 radical (unpaired) electrons. The van der Waals surface area contributed by atoms with Crippen LogP contribution >= 0.6 is 11.8 Å². The molecular formula is C21H23N5O5S. The normalized spacial score (nSPS) is 14.9. The lowest BCUT2D eigenvalue weighted by atomic mass is 10.1. The smallest absolute Gasteiger partial charge is 0.340 e. The fraction of sp³-hybridized carbons (Fsp3) is 0.333. The first-order valence-corrected chi connectivity index (χ1v) is 11.0. The molecule has 0 saturated carbocycles. The molecule has 10 nitrogen and oxygen atoms in total. The Hall–Kier alpha value is -3.47. The number of ether oxygens (including phenoxy) is 3. The molecule has 0 saturated heterocycles. The molecule has 0 spiro atoms. The van der Waals surface area contributed by atoms with Gasteiger partial charge < -0.3 is 25.0 Å². The van der Waals surface area contributed by atoms with Crippen molar-refractivity contribution in [1.29, 1.82) is 0 Å². The van der Waals surface area contributed by atoms with E-state index in [1.807, 2.05) is 18.2 Å². The van der Waals surface area contributed by atoms with Gasteiger partial charge in [0.25, 0.3) is 0 Å². The molecule has 2 aromatic heterocycles. The number of benzene rings is 1. The molecule has 3 aromatic rings. The third-order valence-electron chi connectivity index (χ3n) is 5.02. The topological polar surface area (TPSA) is 134 Å². The van der Waals surface area contributed by atoms with Crippen LogP contribution in [0.4, 0.5) is 0 Å². The summed E-state index contributed by atoms with van der Waals surface area (Å²) in [6, 6.07) is 7.34. The van der Waals surface area contributed by atoms with Crippen LogP contribution in [0.25, 0.3) is 0 Å². The summed E-state index contributed by atoms with van der Waals surface area (Å²) < 4.78 is 18.0. The van der Waals surface area contributed by atoms with Crippen molar-refractivity contribution in [2.75, 3.05) is 24.8 Å². The number of hydrogen-bond acceptors (Lipinski definition) is 9. The van der Waals surface area contributed by atoms with Crippen LogP contribution in [0.15, 0.2) is 29.4 Å². The monoisotopic (exact) mass is 457 g/mol. The van der Waals surface area contributed by atoms with E-state index in [4.69, 9.17) is 20.1 Å². The highest BCUT2D eigenvalue weighted by molar-refractivity contribution is 7.99. The number of nitrogens with zero attached hydrogens (tertiary/aromatic N) is 3. The van der Waals surface area contributed by atoms with Crippen LogP contribution in [0.5, 0.6) is 11.5 Å². The molecule has 168 valence electrons. The van der Waals surface area contributed by atoms with Crippen LogP contribution in [0, 0.1) is 13.8 Å². The van der Waals surface area contributed by atoms with Gasteiger partial charge in [0.05, 0.1) is 23.6 Å². The summed E-state index contributed by atoms with van der Waals surface area (Å²) in [7, 11) is 0. The minimum atomic E-state index is -0.520. The van der Waals surface area contributed by atoms with Gasteiger partial charge >= 0.3 is 5.97 Å². The number of aromatic nitrogens is 4. The number of aryl methyl sites for hydroxylation is 1. The number of nitrogens with one attached hydrogen (secondary N) is 1. The summed E-state index contributed by atoms with van der Waals surface area (Å²) in [6.07, 6.45) is -0.520. The number of para-hydroxylation sites is 2. The standard InChI is InChI=1S/C21H23N5O5S/c1-4-29-20(28)17-11(2)18(23-12(17)3)13(27)10-32-21-25-24-19(26(21)22)16-9-30-14-7-5-6-8-15(14)31-16/h5-8,16,23H,4,9-10,22H2,1-3H3/t16-/m0/s1. The predicted molar refractivity (Wildman–Crippen MR) is 117 cm³/mol. The second-order valence-electron chi connectivity index (χ2n) is 7.13. The van der Waals surface area contributed by atoms with Crippen molar-refractivity contribution >= 4 is 23.5 Å². The zero-order valence-electron chi connectivity index (χ0n) is 17.9. The number of rotatable bonds is 7. The minimum absolute atomic E-state index is 0.0588. The fourth-order valence-corrected chi connectivity index (χ4v) is 4.23. The minimum Gasteiger partial charge on any atom is -0.485 e. The number of fused-ring (bicyclic) bond motifs is 1. The molecular weight excluding hydrogens is 434 g/mol. The van der Waals surface area contributed by atoms with Crippen LogP contribution in [-0.4, -0.2) is 50.6 Å². The Bertz CT molecular complexity index is 1170. The molecule has 3 N–H and O–H groups in total. The van der Waals surface area contributed by atoms with E-state index in [-0.39, 0.29) is 24.7 Å². The molecule has 1 aliphatic heterocycles. The quantitative estimate of drug-likeness (QED) is 0.237. The molecule has 4 rings (SSSR count). The highest BCUT2D eigenvalue weighted by atomic mass is 32.2. The van der Waals surface area contributed by atoms with Gasteiger partial charge in [-0.2, -0.15) is 0 Å². The van der Waals surface area contributed by atoms with E-state index in [0.29, 0.717) is 45.0 Å². The van der Waals surface area contributed by atoms with Gasteiger partial charge in [0.2, 0.25) is 5.16 Å². The summed E-state index contributed by atoms with van der Waals surface area (Å²) in [5.74, 6) is 7.24. The highest BCUT2D eigenvalue weighted by Gasteiger charge is 2.29. The molecule has 1 aliphatic rings. The van der Waals surface area contributed by atoms with E-state index in [9.17, 15) is 9.59 Å². The van der Waals surface area contributed by atoms with Crippen LogP contribution in [0.1, 0.15) is 51.0 Å². The first-order valence-electron chi connectivity index (χ1n) is 10.0. The molecule has 0 unspecified atom stereocenters. The third-order valence-corrected chi connectivity index (χ3v) is 5.96. The first-order chi connectivity index (χ1) is 15.4. The number of H-pyrrole nitrogens is 1. The zero-order chi connectivity index (χ0) is 22.8. The lowest BCUT2D eigenvalue weighted by molar-refractivity contribution is 0.0525. The molecule has 32 heavy (non-hydrogen) atoms. The molecule has 0 fully saturated rings. The average Bonchev–Trinajstić information content (AvgIpc) is 3.30. The van der Waals surface area contributed by atoms with Gasteiger partial charge in [-0.3, -0.25) is 4.79 Å². The van der Waals surface area contributed by atoms with Gasteiger partial charge in [-0.25, -0.2) is 9.47 Å². The predicted octanol–water partition coefficient (Wildman–Crippen LogP) is 2.60. The molecule has 3 heterocycles. The maximum atomic E-state index is 12.8. The molecule has 11 heteroatoms. The maximum Gasteiger partial charge on any atom is 0.340 e. The van der Waals surface area contributed by atoms with Crippen LogP contribution in [0.3, 0.4) is 0 Å². The molecule has 1 atom stereocenters. The summed E-state index contributed by atoms with van der Waals surface area (Å²) in [5.41, 5.74) is 1.90. The number of Topliss-reactive ketones (excluding diaryl/α,β-unsaturated/α-hetero) is 1. The number of thioether (sulfide) groups is 1. The Morgan fingerprint density at radius 3 is 2.78 bits per heavy atom. The van der Waals surface area contributed by atoms with Crippen molar-refractivity contribution in [1.82, 2.24) is 19.9 Å². The molecule has 0 bridgehead atoms. The van der Waals surface area contributed by atoms with Crippen molar-refractivity contribution < 1.29 is 23.8 Å². The number of ketones is 1. The Kier molecular flexibility index (Phi) is 6.08. The molecule has 0 amide bonds. The highest BCUT2D eigenvalue weighted by Crippen LogP contribution is 2.35. The van der Waals surface area contributed by atoms with Gasteiger partial charge in [0.15, 0.2) is 29.2 Å². The second-order valence-corrected chi connectivity index (χ2v) is 8.07. The van der Waals surface area contributed by atoms with Crippen LogP contribution in [-0.2, 0) is 4.74 Å². The second kappa shape index (κ2) is 8.95. The number of nitrogen functional groups attached to an aromatic ring is 1. The molecule has 0 aliphatic carbocycles. The maximum absolute atomic E-state index is 12.8. The summed E-state index contributed by atoms with van der Waals surface area (Å²) in [5, 5.41) is 8.58. The molecule has 1 aromatic carbocycles. The lowest BCUT2D eigenvalue weighted by Gasteiger charge is -2.25. The van der Waals surface area contributed by atoms with Crippen LogP contribution < -0.4 is 15.3 Å². The van der Waals surface area contributed by atoms with Gasteiger partial charge in [0.1, 0.15) is 6.61 Å². The van der Waals surface area contributed by atoms with Gasteiger partial charge in [-0.1, -0.05) is 23.9 Å². The van der Waals surface area contributed by atoms with Crippen LogP contribution in [0.2, 0.25) is 0 Å². The first kappa shape index (κ1) is 21.8. The number of carbonyl (C=O) groups excluding carboxylic acids is 2. The number of hydrogen-bond donors (Lipinski definition) is 2. The number of nitrogens with two attached hydrogens (primary N) is 1. The Morgan fingerprint density at radius 1 is 1.28 bits per heavy atom. The van der Waals surface area contributed by atoms with Crippen molar-refractivity contribution in [2.45, 2.75) is 32.0 Å². The van der Waals surface area contributed by atoms with E-state index < -0.39 is 12.1 Å². The number of carbonyl (C=O) groups is 2. The summed E-state index contributed by atoms with van der Waals surface area (Å²) in [6.45, 7) is 5.69. The van der Waals surface area contributed by atoms with Crippen molar-refractivity contribution in [3.05, 3.63) is 52.6 Å². The van der Waals surface area contributed by atoms with E-state index >= 15 is 0 Å². The van der Waals surface area contributed by atoms with E-state index in [1.165, 1.54) is 4.68 Å². The van der Waals surface area contributed by atoms with E-state index in [2.05, 4.69) is 15.2 Å². The van der Waals surface area contributed by atoms with Crippen molar-refractivity contribution in [3.8, 4) is 11.5 Å². The lowest BCUT2D eigenvalue weighted by Crippen LogP contribution is -2.27. The van der Waals surface area contributed by atoms with E-state index in [0.717, 1.165) is 11.8 Å². The van der Waals surface area contributed by atoms with Gasteiger partial charge in [-0.05, 0) is 38.5 Å². The third kappa shape index (κ3) is 4.03. The Morgan fingerprint density at radius 2 is 2.03 bits per heavy atom. The Balaban J connectivity index is 1.44. The summed E-state index contributed by atoms with van der Waals surface area (Å²) in [4.78, 5) is 27.9. The average molecular weight is 458 g/mol. The van der Waals surface area contributed by atoms with Gasteiger partial charge in [-0.15, -0.1) is 10.2 Å².